The lowest BCUT2D eigenvalue weighted by atomic mass is 9.57. The Morgan fingerprint density at radius 2 is 1.75 bits per heavy atom. The lowest BCUT2D eigenvalue weighted by Crippen LogP contribution is -2.54. The molecule has 0 aromatic carbocycles. The Bertz CT molecular complexity index is 436. The first-order valence-corrected chi connectivity index (χ1v) is 7.45. The SMILES string of the molecule is ClC(Cl)(Cl)[C@]12O[C@@H]3[C@@H]4[C@H]5[C@@H]6C[C@@H]([C@@H]5[C@@H]41)[C@@H]2[C@@H]63. The van der Waals surface area contributed by atoms with Gasteiger partial charge in [-0.15, -0.1) is 0 Å². The summed E-state index contributed by atoms with van der Waals surface area (Å²) >= 11 is 18.9. The number of ether oxygens (including phenoxy) is 1. The molecular formula is C12H11Cl3O. The fourth-order valence-corrected chi connectivity index (χ4v) is 8.35. The van der Waals surface area contributed by atoms with Gasteiger partial charge < -0.3 is 4.74 Å². The summed E-state index contributed by atoms with van der Waals surface area (Å²) in [7, 11) is 0. The van der Waals surface area contributed by atoms with Crippen molar-refractivity contribution in [1.29, 1.82) is 0 Å². The quantitative estimate of drug-likeness (QED) is 0.619. The Labute approximate surface area is 109 Å². The van der Waals surface area contributed by atoms with Crippen LogP contribution in [0.2, 0.25) is 0 Å². The van der Waals surface area contributed by atoms with Gasteiger partial charge >= 0.3 is 0 Å². The highest BCUT2D eigenvalue weighted by molar-refractivity contribution is 6.68. The van der Waals surface area contributed by atoms with Gasteiger partial charge in [-0.1, -0.05) is 34.8 Å². The van der Waals surface area contributed by atoms with Crippen LogP contribution in [0.5, 0.6) is 0 Å². The summed E-state index contributed by atoms with van der Waals surface area (Å²) in [5.74, 6) is 6.28. The predicted octanol–water partition coefficient (Wildman–Crippen LogP) is 2.88. The molecule has 4 bridgehead atoms. The van der Waals surface area contributed by atoms with Crippen LogP contribution in [-0.2, 0) is 4.74 Å². The van der Waals surface area contributed by atoms with Gasteiger partial charge in [-0.2, -0.15) is 0 Å². The summed E-state index contributed by atoms with van der Waals surface area (Å²) in [6.45, 7) is 0. The summed E-state index contributed by atoms with van der Waals surface area (Å²) < 4.78 is 5.12. The minimum atomic E-state index is -1.21. The molecule has 1 nitrogen and oxygen atoms in total. The van der Waals surface area contributed by atoms with E-state index in [0.29, 0.717) is 17.9 Å². The molecule has 4 heteroatoms. The number of hydrogen-bond donors (Lipinski definition) is 0. The first-order valence-electron chi connectivity index (χ1n) is 6.32. The van der Waals surface area contributed by atoms with Crippen molar-refractivity contribution >= 4 is 34.8 Å². The Morgan fingerprint density at radius 1 is 0.938 bits per heavy atom. The Balaban J connectivity index is 1.71. The molecule has 0 unspecified atom stereocenters. The van der Waals surface area contributed by atoms with Crippen LogP contribution in [0, 0.1) is 47.3 Å². The summed E-state index contributed by atoms with van der Waals surface area (Å²) in [6.07, 6.45) is 1.88. The van der Waals surface area contributed by atoms with E-state index in [4.69, 9.17) is 39.5 Å². The molecule has 7 rings (SSSR count). The van der Waals surface area contributed by atoms with Crippen LogP contribution in [0.15, 0.2) is 0 Å². The molecular weight excluding hydrogens is 266 g/mol. The first kappa shape index (κ1) is 8.85. The molecule has 0 aromatic heterocycles. The van der Waals surface area contributed by atoms with E-state index in [1.165, 1.54) is 6.42 Å². The van der Waals surface area contributed by atoms with Crippen LogP contribution >= 0.6 is 34.8 Å². The van der Waals surface area contributed by atoms with Crippen molar-refractivity contribution in [2.24, 2.45) is 47.3 Å². The summed E-state index contributed by atoms with van der Waals surface area (Å²) in [4.78, 5) is 0. The molecule has 0 spiro atoms. The second-order valence-electron chi connectivity index (χ2n) is 6.80. The standard InChI is InChI=1S/C12H11Cl3O/c13-12(14,15)11-8-3-1-2-4-5(3)9(11)7(4)10(16-11)6(2)8/h2-10H,1H2/t2-,3-,4-,5-,6+,7+,8+,9-,10-,11+/m0/s1. The van der Waals surface area contributed by atoms with E-state index in [1.807, 2.05) is 0 Å². The van der Waals surface area contributed by atoms with Crippen molar-refractivity contribution in [2.45, 2.75) is 21.9 Å². The normalized spacial score (nSPS) is 79.3. The first-order chi connectivity index (χ1) is 7.57. The van der Waals surface area contributed by atoms with E-state index in [2.05, 4.69) is 0 Å². The monoisotopic (exact) mass is 276 g/mol. The highest BCUT2D eigenvalue weighted by Gasteiger charge is 2.95. The van der Waals surface area contributed by atoms with Gasteiger partial charge in [0.1, 0.15) is 5.60 Å². The second kappa shape index (κ2) is 1.99. The van der Waals surface area contributed by atoms with E-state index in [9.17, 15) is 0 Å². The number of halogens is 3. The predicted molar refractivity (Wildman–Crippen MR) is 60.4 cm³/mol. The third-order valence-corrected chi connectivity index (χ3v) is 8.03. The lowest BCUT2D eigenvalue weighted by molar-refractivity contribution is -0.0275. The smallest absolute Gasteiger partial charge is 0.219 e. The summed E-state index contributed by atoms with van der Waals surface area (Å²) in [6, 6.07) is 0. The minimum Gasteiger partial charge on any atom is -0.366 e. The molecule has 2 aliphatic heterocycles. The van der Waals surface area contributed by atoms with Gasteiger partial charge in [0.2, 0.25) is 3.79 Å². The van der Waals surface area contributed by atoms with E-state index in [-0.39, 0.29) is 5.60 Å². The molecule has 2 heterocycles. The lowest BCUT2D eigenvalue weighted by Gasteiger charge is -2.47. The van der Waals surface area contributed by atoms with Crippen LogP contribution in [0.1, 0.15) is 6.42 Å². The van der Waals surface area contributed by atoms with Gasteiger partial charge in [-0.25, -0.2) is 0 Å². The van der Waals surface area contributed by atoms with E-state index < -0.39 is 3.79 Å². The fourth-order valence-electron chi connectivity index (χ4n) is 7.46. The van der Waals surface area contributed by atoms with E-state index in [0.717, 1.165) is 35.5 Å². The van der Waals surface area contributed by atoms with Crippen molar-refractivity contribution in [1.82, 2.24) is 0 Å². The zero-order valence-electron chi connectivity index (χ0n) is 8.45. The van der Waals surface area contributed by atoms with Crippen LogP contribution in [0.3, 0.4) is 0 Å². The Kier molecular flexibility index (Phi) is 1.10. The van der Waals surface area contributed by atoms with Crippen LogP contribution in [-0.4, -0.2) is 15.5 Å². The largest absolute Gasteiger partial charge is 0.366 e. The fraction of sp³-hybridized carbons (Fsp3) is 1.00. The topological polar surface area (TPSA) is 9.23 Å². The van der Waals surface area contributed by atoms with E-state index in [1.54, 1.807) is 0 Å². The van der Waals surface area contributed by atoms with Crippen LogP contribution in [0.4, 0.5) is 0 Å². The highest BCUT2D eigenvalue weighted by Crippen LogP contribution is 2.92. The number of rotatable bonds is 0. The third-order valence-electron chi connectivity index (χ3n) is 7.14. The maximum atomic E-state index is 6.32. The molecule has 0 amide bonds. The van der Waals surface area contributed by atoms with Crippen molar-refractivity contribution in [3.63, 3.8) is 0 Å². The maximum Gasteiger partial charge on any atom is 0.219 e. The third kappa shape index (κ3) is 0.507. The minimum absolute atomic E-state index is 0.380. The number of alkyl halides is 3. The average Bonchev–Trinajstić information content (AvgIpc) is 2.68. The summed E-state index contributed by atoms with van der Waals surface area (Å²) in [5, 5.41) is 0. The van der Waals surface area contributed by atoms with Gasteiger partial charge in [0.15, 0.2) is 0 Å². The Morgan fingerprint density at radius 3 is 2.50 bits per heavy atom. The molecule has 7 aliphatic rings. The zero-order valence-corrected chi connectivity index (χ0v) is 10.7. The van der Waals surface area contributed by atoms with Crippen molar-refractivity contribution in [2.75, 3.05) is 0 Å². The van der Waals surface area contributed by atoms with Gasteiger partial charge in [0.25, 0.3) is 0 Å². The molecule has 16 heavy (non-hydrogen) atoms. The van der Waals surface area contributed by atoms with Crippen LogP contribution in [0.25, 0.3) is 0 Å². The molecule has 0 aromatic rings. The van der Waals surface area contributed by atoms with Gasteiger partial charge in [-0.3, -0.25) is 0 Å². The summed E-state index contributed by atoms with van der Waals surface area (Å²) in [5.41, 5.74) is -0.380. The van der Waals surface area contributed by atoms with Gasteiger partial charge in [0.05, 0.1) is 6.10 Å². The van der Waals surface area contributed by atoms with Crippen LogP contribution < -0.4 is 0 Å². The number of hydrogen-bond acceptors (Lipinski definition) is 1. The van der Waals surface area contributed by atoms with Gasteiger partial charge in [0, 0.05) is 11.8 Å². The second-order valence-corrected chi connectivity index (χ2v) is 9.08. The Hall–Kier alpha value is 0.830. The molecule has 0 N–H and O–H groups in total. The van der Waals surface area contributed by atoms with Crippen molar-refractivity contribution in [3.05, 3.63) is 0 Å². The average molecular weight is 278 g/mol. The maximum absolute atomic E-state index is 6.32. The molecule has 10 atom stereocenters. The van der Waals surface area contributed by atoms with Gasteiger partial charge in [-0.05, 0) is 41.9 Å². The molecule has 86 valence electrons. The van der Waals surface area contributed by atoms with Crippen molar-refractivity contribution < 1.29 is 4.74 Å². The van der Waals surface area contributed by atoms with Crippen molar-refractivity contribution in [3.8, 4) is 0 Å². The zero-order chi connectivity index (χ0) is 10.6. The molecule has 7 fully saturated rings. The molecule has 0 radical (unpaired) electrons. The van der Waals surface area contributed by atoms with E-state index >= 15 is 0 Å². The molecule has 2 saturated heterocycles. The molecule has 5 saturated carbocycles. The molecule has 5 aliphatic carbocycles. The highest BCUT2D eigenvalue weighted by atomic mass is 35.6.